The number of aliphatic imine (C=N–C) groups is 1. The number of aromatic nitrogens is 1. The summed E-state index contributed by atoms with van der Waals surface area (Å²) in [5.41, 5.74) is 5.39. The molecular weight excluding hydrogens is 308 g/mol. The van der Waals surface area contributed by atoms with Crippen molar-refractivity contribution >= 4 is 11.5 Å². The number of likely N-dealkylation sites (tertiary alicyclic amines) is 1. The molecule has 2 saturated heterocycles. The van der Waals surface area contributed by atoms with Crippen LogP contribution in [-0.4, -0.2) is 48.8 Å². The second kappa shape index (κ2) is 5.67. The molecule has 2 fully saturated rings. The molecule has 1 atom stereocenters. The highest BCUT2D eigenvalue weighted by Crippen LogP contribution is 2.40. The molecule has 128 valence electrons. The van der Waals surface area contributed by atoms with E-state index < -0.39 is 0 Å². The summed E-state index contributed by atoms with van der Waals surface area (Å²) < 4.78 is 0. The van der Waals surface area contributed by atoms with Crippen molar-refractivity contribution in [2.75, 3.05) is 38.1 Å². The second-order valence-corrected chi connectivity index (χ2v) is 7.88. The van der Waals surface area contributed by atoms with Crippen LogP contribution >= 0.6 is 0 Å². The minimum absolute atomic E-state index is 0.476. The van der Waals surface area contributed by atoms with E-state index in [1.807, 2.05) is 6.20 Å². The van der Waals surface area contributed by atoms with E-state index in [1.54, 1.807) is 0 Å². The van der Waals surface area contributed by atoms with Gasteiger partial charge in [0, 0.05) is 42.4 Å². The Kier molecular flexibility index (Phi) is 3.42. The molecule has 4 heteroatoms. The van der Waals surface area contributed by atoms with Crippen LogP contribution in [0.25, 0.3) is 0 Å². The summed E-state index contributed by atoms with van der Waals surface area (Å²) in [6.45, 7) is 5.50. The van der Waals surface area contributed by atoms with Gasteiger partial charge in [0.25, 0.3) is 0 Å². The van der Waals surface area contributed by atoms with Crippen molar-refractivity contribution in [2.24, 2.45) is 10.4 Å². The van der Waals surface area contributed by atoms with Gasteiger partial charge in [0.1, 0.15) is 5.82 Å². The molecule has 2 aromatic rings. The van der Waals surface area contributed by atoms with Crippen LogP contribution in [0.2, 0.25) is 0 Å². The van der Waals surface area contributed by atoms with Crippen LogP contribution < -0.4 is 4.90 Å². The van der Waals surface area contributed by atoms with Crippen LogP contribution in [0, 0.1) is 5.41 Å². The Balaban J connectivity index is 1.42. The summed E-state index contributed by atoms with van der Waals surface area (Å²) in [6, 6.07) is 12.9. The monoisotopic (exact) mass is 332 g/mol. The van der Waals surface area contributed by atoms with E-state index in [1.165, 1.54) is 42.6 Å². The Morgan fingerprint density at radius 2 is 1.92 bits per heavy atom. The van der Waals surface area contributed by atoms with Gasteiger partial charge in [-0.3, -0.25) is 4.99 Å². The van der Waals surface area contributed by atoms with E-state index in [9.17, 15) is 0 Å². The standard InChI is InChI=1S/C21H24N4/c1-24-10-7-21(14-24)8-11-25(15-21)19-12-16(6-9-22-19)20-18-5-3-2-4-17(18)13-23-20/h2-6,9,12H,7-8,10-11,13-15H2,1H3. The summed E-state index contributed by atoms with van der Waals surface area (Å²) in [5, 5.41) is 0. The largest absolute Gasteiger partial charge is 0.356 e. The first-order valence-electron chi connectivity index (χ1n) is 9.25. The lowest BCUT2D eigenvalue weighted by Gasteiger charge is -2.24. The van der Waals surface area contributed by atoms with Crippen LogP contribution in [-0.2, 0) is 6.54 Å². The third kappa shape index (κ3) is 2.56. The van der Waals surface area contributed by atoms with Gasteiger partial charge in [0.05, 0.1) is 12.3 Å². The Bertz CT molecular complexity index is 843. The molecule has 1 spiro atoms. The molecule has 3 aliphatic heterocycles. The van der Waals surface area contributed by atoms with Crippen LogP contribution in [0.4, 0.5) is 5.82 Å². The zero-order valence-corrected chi connectivity index (χ0v) is 14.8. The number of anilines is 1. The van der Waals surface area contributed by atoms with E-state index >= 15 is 0 Å². The Morgan fingerprint density at radius 1 is 1.04 bits per heavy atom. The van der Waals surface area contributed by atoms with Gasteiger partial charge in [0.15, 0.2) is 0 Å². The molecule has 3 aliphatic rings. The smallest absolute Gasteiger partial charge is 0.129 e. The third-order valence-electron chi connectivity index (χ3n) is 6.09. The number of hydrogen-bond donors (Lipinski definition) is 0. The normalized spacial score (nSPS) is 25.6. The fraction of sp³-hybridized carbons (Fsp3) is 0.429. The number of pyridine rings is 1. The molecular formula is C21H24N4. The molecule has 25 heavy (non-hydrogen) atoms. The lowest BCUT2D eigenvalue weighted by atomic mass is 9.86. The van der Waals surface area contributed by atoms with E-state index in [-0.39, 0.29) is 0 Å². The molecule has 4 nitrogen and oxygen atoms in total. The first-order chi connectivity index (χ1) is 12.2. The molecule has 1 aromatic heterocycles. The van der Waals surface area contributed by atoms with Crippen LogP contribution in [0.15, 0.2) is 47.6 Å². The first kappa shape index (κ1) is 15.1. The van der Waals surface area contributed by atoms with Crippen LogP contribution in [0.1, 0.15) is 29.5 Å². The van der Waals surface area contributed by atoms with Gasteiger partial charge < -0.3 is 9.80 Å². The van der Waals surface area contributed by atoms with Gasteiger partial charge in [-0.25, -0.2) is 4.98 Å². The zero-order valence-electron chi connectivity index (χ0n) is 14.8. The summed E-state index contributed by atoms with van der Waals surface area (Å²) >= 11 is 0. The fourth-order valence-electron chi connectivity index (χ4n) is 4.75. The molecule has 0 amide bonds. The van der Waals surface area contributed by atoms with Gasteiger partial charge >= 0.3 is 0 Å². The molecule has 1 aromatic carbocycles. The number of hydrogen-bond acceptors (Lipinski definition) is 4. The van der Waals surface area contributed by atoms with Crippen molar-refractivity contribution in [3.63, 3.8) is 0 Å². The molecule has 0 bridgehead atoms. The predicted molar refractivity (Wildman–Crippen MR) is 101 cm³/mol. The minimum Gasteiger partial charge on any atom is -0.356 e. The molecule has 0 radical (unpaired) electrons. The molecule has 5 rings (SSSR count). The van der Waals surface area contributed by atoms with Crippen molar-refractivity contribution in [1.82, 2.24) is 9.88 Å². The average molecular weight is 332 g/mol. The molecule has 1 unspecified atom stereocenters. The highest BCUT2D eigenvalue weighted by molar-refractivity contribution is 6.15. The lowest BCUT2D eigenvalue weighted by molar-refractivity contribution is 0.312. The van der Waals surface area contributed by atoms with Gasteiger partial charge in [-0.1, -0.05) is 24.3 Å². The topological polar surface area (TPSA) is 31.7 Å². The van der Waals surface area contributed by atoms with Crippen LogP contribution in [0.5, 0.6) is 0 Å². The van der Waals surface area contributed by atoms with Gasteiger partial charge in [-0.05, 0) is 44.1 Å². The van der Waals surface area contributed by atoms with E-state index in [2.05, 4.69) is 58.2 Å². The lowest BCUT2D eigenvalue weighted by Crippen LogP contribution is -2.30. The summed E-state index contributed by atoms with van der Waals surface area (Å²) in [7, 11) is 2.24. The second-order valence-electron chi connectivity index (χ2n) is 7.88. The van der Waals surface area contributed by atoms with E-state index in [4.69, 9.17) is 4.99 Å². The quantitative estimate of drug-likeness (QED) is 0.847. The van der Waals surface area contributed by atoms with Gasteiger partial charge in [-0.15, -0.1) is 0 Å². The Labute approximate surface area is 149 Å². The fourth-order valence-corrected chi connectivity index (χ4v) is 4.75. The van der Waals surface area contributed by atoms with Crippen molar-refractivity contribution in [3.8, 4) is 0 Å². The van der Waals surface area contributed by atoms with Crippen LogP contribution in [0.3, 0.4) is 0 Å². The maximum atomic E-state index is 4.79. The highest BCUT2D eigenvalue weighted by Gasteiger charge is 2.42. The minimum atomic E-state index is 0.476. The molecule has 4 heterocycles. The maximum Gasteiger partial charge on any atom is 0.129 e. The average Bonchev–Trinajstić information content (AvgIpc) is 3.34. The van der Waals surface area contributed by atoms with Crippen molar-refractivity contribution in [2.45, 2.75) is 19.4 Å². The molecule has 0 N–H and O–H groups in total. The number of rotatable bonds is 2. The van der Waals surface area contributed by atoms with Crippen molar-refractivity contribution < 1.29 is 0 Å². The summed E-state index contributed by atoms with van der Waals surface area (Å²) in [5.74, 6) is 1.11. The van der Waals surface area contributed by atoms with Crippen molar-refractivity contribution in [3.05, 3.63) is 59.3 Å². The zero-order chi connectivity index (χ0) is 16.9. The Morgan fingerprint density at radius 3 is 2.80 bits per heavy atom. The predicted octanol–water partition coefficient (Wildman–Crippen LogP) is 2.96. The van der Waals surface area contributed by atoms with E-state index in [0.717, 1.165) is 31.2 Å². The first-order valence-corrected chi connectivity index (χ1v) is 9.25. The third-order valence-corrected chi connectivity index (χ3v) is 6.09. The van der Waals surface area contributed by atoms with Gasteiger partial charge in [-0.2, -0.15) is 0 Å². The Hall–Kier alpha value is -2.20. The maximum absolute atomic E-state index is 4.79. The summed E-state index contributed by atoms with van der Waals surface area (Å²) in [4.78, 5) is 14.4. The SMILES string of the molecule is CN1CCC2(CCN(c3cc(C4=NCc5ccccc54)ccn3)C2)C1. The van der Waals surface area contributed by atoms with Crippen molar-refractivity contribution in [1.29, 1.82) is 0 Å². The molecule has 0 saturated carbocycles. The summed E-state index contributed by atoms with van der Waals surface area (Å²) in [6.07, 6.45) is 4.55. The van der Waals surface area contributed by atoms with E-state index in [0.29, 0.717) is 5.41 Å². The number of benzene rings is 1. The number of nitrogens with zero attached hydrogens (tertiary/aromatic N) is 4. The highest BCUT2D eigenvalue weighted by atomic mass is 15.2. The molecule has 0 aliphatic carbocycles. The number of fused-ring (bicyclic) bond motifs is 1. The van der Waals surface area contributed by atoms with Gasteiger partial charge in [0.2, 0.25) is 0 Å².